The first-order valence-corrected chi connectivity index (χ1v) is 10.3. The Kier molecular flexibility index (Phi) is 7.86. The molecule has 0 aliphatic carbocycles. The van der Waals surface area contributed by atoms with Gasteiger partial charge in [-0.05, 0) is 63.7 Å². The first-order chi connectivity index (χ1) is 12.3. The molecule has 0 aliphatic heterocycles. The van der Waals surface area contributed by atoms with E-state index in [4.69, 9.17) is 4.74 Å². The van der Waals surface area contributed by atoms with E-state index in [1.165, 1.54) is 0 Å². The number of hydrogen-bond donors (Lipinski definition) is 1. The zero-order chi connectivity index (χ0) is 19.2. The van der Waals surface area contributed by atoms with Crippen molar-refractivity contribution in [1.29, 1.82) is 0 Å². The van der Waals surface area contributed by atoms with Crippen molar-refractivity contribution in [2.75, 3.05) is 0 Å². The molecule has 1 unspecified atom stereocenters. The number of ether oxygens (including phenoxy) is 1. The van der Waals surface area contributed by atoms with Crippen LogP contribution in [0.5, 0.6) is 5.75 Å². The average Bonchev–Trinajstić information content (AvgIpc) is 2.62. The zero-order valence-corrected chi connectivity index (χ0v) is 18.5. The molecule has 140 valence electrons. The van der Waals surface area contributed by atoms with Crippen molar-refractivity contribution in [3.8, 4) is 5.75 Å². The van der Waals surface area contributed by atoms with Crippen LogP contribution in [0.3, 0.4) is 0 Å². The van der Waals surface area contributed by atoms with Gasteiger partial charge in [0.2, 0.25) is 0 Å². The highest BCUT2D eigenvalue weighted by molar-refractivity contribution is 9.11. The minimum Gasteiger partial charge on any atom is -0.458 e. The summed E-state index contributed by atoms with van der Waals surface area (Å²) in [4.78, 5) is 4.15. The summed E-state index contributed by atoms with van der Waals surface area (Å²) in [6.07, 6.45) is 7.68. The molecule has 1 atom stereocenters. The first kappa shape index (κ1) is 21.1. The van der Waals surface area contributed by atoms with Crippen molar-refractivity contribution in [1.82, 2.24) is 4.98 Å². The number of hydrogen-bond acceptors (Lipinski definition) is 3. The number of unbranched alkanes of at least 4 members (excludes halogenated alkanes) is 1. The Labute approximate surface area is 172 Å². The van der Waals surface area contributed by atoms with Crippen LogP contribution in [0.1, 0.15) is 45.6 Å². The van der Waals surface area contributed by atoms with Gasteiger partial charge in [-0.3, -0.25) is 4.98 Å². The van der Waals surface area contributed by atoms with Crippen LogP contribution < -0.4 is 4.74 Å². The predicted molar refractivity (Wildman–Crippen MR) is 114 cm³/mol. The van der Waals surface area contributed by atoms with Crippen LogP contribution in [-0.2, 0) is 0 Å². The summed E-state index contributed by atoms with van der Waals surface area (Å²) in [5.74, 6) is 1.18. The monoisotopic (exact) mass is 481 g/mol. The van der Waals surface area contributed by atoms with Gasteiger partial charge in [0.05, 0.1) is 4.47 Å². The van der Waals surface area contributed by atoms with E-state index in [-0.39, 0.29) is 5.41 Å². The number of aliphatic hydroxyl groups is 1. The van der Waals surface area contributed by atoms with Crippen LogP contribution in [-0.4, -0.2) is 16.2 Å². The van der Waals surface area contributed by atoms with Crippen molar-refractivity contribution in [2.45, 2.75) is 46.1 Å². The molecule has 0 spiro atoms. The Morgan fingerprint density at radius 1 is 1.31 bits per heavy atom. The van der Waals surface area contributed by atoms with Crippen LogP contribution in [0.4, 0.5) is 0 Å². The SMILES string of the molecule is CCCCC(C)(C)C(O)C(=Cc1cccnc1)Oc1ccc(Br)cc1Br. The summed E-state index contributed by atoms with van der Waals surface area (Å²) in [6.45, 7) is 6.30. The molecule has 2 rings (SSSR count). The summed E-state index contributed by atoms with van der Waals surface area (Å²) in [6, 6.07) is 9.52. The van der Waals surface area contributed by atoms with Gasteiger partial charge in [0, 0.05) is 16.9 Å². The third-order valence-corrected chi connectivity index (χ3v) is 5.41. The highest BCUT2D eigenvalue weighted by Crippen LogP contribution is 2.36. The molecule has 0 saturated heterocycles. The second kappa shape index (κ2) is 9.67. The molecule has 1 aromatic heterocycles. The van der Waals surface area contributed by atoms with Crippen LogP contribution in [0.25, 0.3) is 6.08 Å². The molecule has 1 heterocycles. The van der Waals surface area contributed by atoms with Gasteiger partial charge >= 0.3 is 0 Å². The second-order valence-corrected chi connectivity index (χ2v) is 8.77. The fourth-order valence-electron chi connectivity index (χ4n) is 2.63. The van der Waals surface area contributed by atoms with Gasteiger partial charge in [0.25, 0.3) is 0 Å². The van der Waals surface area contributed by atoms with Crippen LogP contribution in [0, 0.1) is 5.41 Å². The molecule has 0 amide bonds. The third kappa shape index (κ3) is 5.93. The van der Waals surface area contributed by atoms with E-state index in [1.54, 1.807) is 12.4 Å². The largest absolute Gasteiger partial charge is 0.458 e. The summed E-state index contributed by atoms with van der Waals surface area (Å²) >= 11 is 6.97. The first-order valence-electron chi connectivity index (χ1n) is 8.76. The molecule has 0 aliphatic rings. The van der Waals surface area contributed by atoms with Crippen molar-refractivity contribution in [2.24, 2.45) is 5.41 Å². The number of nitrogens with zero attached hydrogens (tertiary/aromatic N) is 1. The maximum absolute atomic E-state index is 11.1. The summed E-state index contributed by atoms with van der Waals surface area (Å²) in [5.41, 5.74) is 0.590. The molecule has 5 heteroatoms. The molecule has 0 saturated carbocycles. The van der Waals surface area contributed by atoms with Gasteiger partial charge in [-0.1, -0.05) is 55.6 Å². The lowest BCUT2D eigenvalue weighted by Gasteiger charge is -2.32. The zero-order valence-electron chi connectivity index (χ0n) is 15.4. The Bertz CT molecular complexity index is 745. The van der Waals surface area contributed by atoms with Crippen LogP contribution in [0.2, 0.25) is 0 Å². The minimum absolute atomic E-state index is 0.300. The summed E-state index contributed by atoms with van der Waals surface area (Å²) in [5, 5.41) is 11.1. The molecule has 0 bridgehead atoms. The molecule has 2 aromatic rings. The molecule has 3 nitrogen and oxygen atoms in total. The van der Waals surface area contributed by atoms with E-state index in [9.17, 15) is 5.11 Å². The number of rotatable bonds is 8. The fourth-order valence-corrected chi connectivity index (χ4v) is 3.76. The number of aliphatic hydroxyl groups excluding tert-OH is 1. The van der Waals surface area contributed by atoms with Gasteiger partial charge in [0.1, 0.15) is 17.6 Å². The highest BCUT2D eigenvalue weighted by Gasteiger charge is 2.32. The summed E-state index contributed by atoms with van der Waals surface area (Å²) < 4.78 is 7.93. The van der Waals surface area contributed by atoms with E-state index in [2.05, 4.69) is 57.6 Å². The van der Waals surface area contributed by atoms with Crippen LogP contribution >= 0.6 is 31.9 Å². The Morgan fingerprint density at radius 2 is 2.08 bits per heavy atom. The Morgan fingerprint density at radius 3 is 2.69 bits per heavy atom. The summed E-state index contributed by atoms with van der Waals surface area (Å²) in [7, 11) is 0. The van der Waals surface area contributed by atoms with E-state index < -0.39 is 6.10 Å². The topological polar surface area (TPSA) is 42.4 Å². The number of halogens is 2. The molecular weight excluding hydrogens is 458 g/mol. The Hall–Kier alpha value is -1.17. The molecule has 1 N–H and O–H groups in total. The predicted octanol–water partition coefficient (Wildman–Crippen LogP) is 6.60. The van der Waals surface area contributed by atoms with E-state index >= 15 is 0 Å². The average molecular weight is 483 g/mol. The smallest absolute Gasteiger partial charge is 0.141 e. The van der Waals surface area contributed by atoms with Crippen molar-refractivity contribution >= 4 is 37.9 Å². The maximum atomic E-state index is 11.1. The number of benzene rings is 1. The van der Waals surface area contributed by atoms with Gasteiger partial charge in [-0.25, -0.2) is 0 Å². The third-order valence-electron chi connectivity index (χ3n) is 4.30. The lowest BCUT2D eigenvalue weighted by molar-refractivity contribution is 0.0447. The van der Waals surface area contributed by atoms with Crippen molar-refractivity contribution < 1.29 is 9.84 Å². The second-order valence-electron chi connectivity index (χ2n) is 7.00. The molecule has 0 radical (unpaired) electrons. The van der Waals surface area contributed by atoms with Gasteiger partial charge in [-0.2, -0.15) is 0 Å². The molecular formula is C21H25Br2NO2. The number of pyridine rings is 1. The number of aromatic nitrogens is 1. The highest BCUT2D eigenvalue weighted by atomic mass is 79.9. The standard InChI is InChI=1S/C21H25Br2NO2/c1-4-5-10-21(2,3)20(25)19(12-15-7-6-11-24-14-15)26-18-9-8-16(22)13-17(18)23/h6-9,11-14,20,25H,4-5,10H2,1-3H3. The van der Waals surface area contributed by atoms with Gasteiger partial charge in [-0.15, -0.1) is 0 Å². The van der Waals surface area contributed by atoms with Crippen LogP contribution in [0.15, 0.2) is 57.4 Å². The van der Waals surface area contributed by atoms with Crippen molar-refractivity contribution in [3.63, 3.8) is 0 Å². The molecule has 1 aromatic carbocycles. The van der Waals surface area contributed by atoms with E-state index in [0.29, 0.717) is 11.5 Å². The minimum atomic E-state index is -0.732. The van der Waals surface area contributed by atoms with Gasteiger partial charge in [0.15, 0.2) is 0 Å². The van der Waals surface area contributed by atoms with E-state index in [1.807, 2.05) is 36.4 Å². The quantitative estimate of drug-likeness (QED) is 0.430. The maximum Gasteiger partial charge on any atom is 0.141 e. The normalized spacial score (nSPS) is 13.5. The fraction of sp³-hybridized carbons (Fsp3) is 0.381. The lowest BCUT2D eigenvalue weighted by Crippen LogP contribution is -2.33. The van der Waals surface area contributed by atoms with E-state index in [0.717, 1.165) is 33.8 Å². The molecule has 0 fully saturated rings. The lowest BCUT2D eigenvalue weighted by atomic mass is 9.80. The van der Waals surface area contributed by atoms with Crippen molar-refractivity contribution in [3.05, 3.63) is 63.0 Å². The van der Waals surface area contributed by atoms with Gasteiger partial charge < -0.3 is 9.84 Å². The Balaban J connectivity index is 2.37. The molecule has 26 heavy (non-hydrogen) atoms.